The smallest absolute Gasteiger partial charge is 0.251 e. The fourth-order valence-corrected chi connectivity index (χ4v) is 3.26. The third-order valence-electron chi connectivity index (χ3n) is 4.69. The summed E-state index contributed by atoms with van der Waals surface area (Å²) in [7, 11) is 0. The number of hydrogen-bond donors (Lipinski definition) is 1. The van der Waals surface area contributed by atoms with Gasteiger partial charge in [-0.25, -0.2) is 4.98 Å². The summed E-state index contributed by atoms with van der Waals surface area (Å²) in [5, 5.41) is 3.71. The number of imidazole rings is 1. The van der Waals surface area contributed by atoms with E-state index in [1.54, 1.807) is 18.7 Å². The Balaban J connectivity index is 1.46. The number of carbonyl (C=O) groups excluding carboxylic acids is 1. The van der Waals surface area contributed by atoms with Crippen LogP contribution in [0, 0.1) is 0 Å². The molecule has 0 radical (unpaired) electrons. The van der Waals surface area contributed by atoms with E-state index >= 15 is 0 Å². The summed E-state index contributed by atoms with van der Waals surface area (Å²) in [5.74, 6) is -0.131. The molecule has 0 bridgehead atoms. The Labute approximate surface area is 174 Å². The van der Waals surface area contributed by atoms with Crippen LogP contribution >= 0.6 is 11.6 Å². The first-order chi connectivity index (χ1) is 14.2. The number of hydrogen-bond acceptors (Lipinski definition) is 3. The highest BCUT2D eigenvalue weighted by Crippen LogP contribution is 2.22. The monoisotopic (exact) mass is 402 g/mol. The van der Waals surface area contributed by atoms with Gasteiger partial charge in [-0.3, -0.25) is 9.78 Å². The molecule has 0 saturated carbocycles. The Morgan fingerprint density at radius 3 is 2.31 bits per heavy atom. The van der Waals surface area contributed by atoms with Crippen molar-refractivity contribution in [1.82, 2.24) is 19.9 Å². The van der Waals surface area contributed by atoms with E-state index in [0.717, 1.165) is 16.8 Å². The summed E-state index contributed by atoms with van der Waals surface area (Å²) in [4.78, 5) is 21.2. The van der Waals surface area contributed by atoms with Gasteiger partial charge in [-0.1, -0.05) is 41.9 Å². The summed E-state index contributed by atoms with van der Waals surface area (Å²) in [6.07, 6.45) is 7.06. The Morgan fingerprint density at radius 2 is 1.69 bits per heavy atom. The van der Waals surface area contributed by atoms with Gasteiger partial charge >= 0.3 is 0 Å². The van der Waals surface area contributed by atoms with Gasteiger partial charge in [-0.2, -0.15) is 0 Å². The molecule has 4 aromatic rings. The number of rotatable bonds is 6. The van der Waals surface area contributed by atoms with Gasteiger partial charge < -0.3 is 9.88 Å². The van der Waals surface area contributed by atoms with E-state index in [1.165, 1.54) is 0 Å². The van der Waals surface area contributed by atoms with Crippen LogP contribution in [0.1, 0.15) is 22.1 Å². The molecule has 2 aromatic heterocycles. The van der Waals surface area contributed by atoms with Crippen LogP contribution in [-0.2, 0) is 0 Å². The van der Waals surface area contributed by atoms with E-state index in [4.69, 9.17) is 11.6 Å². The maximum atomic E-state index is 12.7. The summed E-state index contributed by atoms with van der Waals surface area (Å²) in [5.41, 5.74) is 3.55. The molecule has 2 heterocycles. The zero-order chi connectivity index (χ0) is 20.1. The highest BCUT2D eigenvalue weighted by Gasteiger charge is 2.16. The summed E-state index contributed by atoms with van der Waals surface area (Å²) in [6.45, 7) is 0.408. The van der Waals surface area contributed by atoms with Crippen LogP contribution in [0.5, 0.6) is 0 Å². The molecule has 2 aromatic carbocycles. The van der Waals surface area contributed by atoms with Gasteiger partial charge in [0.25, 0.3) is 5.91 Å². The van der Waals surface area contributed by atoms with Crippen LogP contribution in [0.25, 0.3) is 11.1 Å². The fourth-order valence-electron chi connectivity index (χ4n) is 3.14. The second-order valence-electron chi connectivity index (χ2n) is 6.57. The van der Waals surface area contributed by atoms with Crippen LogP contribution in [0.2, 0.25) is 5.02 Å². The zero-order valence-electron chi connectivity index (χ0n) is 15.6. The number of nitrogens with zero attached hydrogens (tertiary/aromatic N) is 3. The van der Waals surface area contributed by atoms with Gasteiger partial charge in [-0.05, 0) is 47.5 Å². The van der Waals surface area contributed by atoms with Gasteiger partial charge in [0.15, 0.2) is 0 Å². The molecule has 0 aliphatic rings. The van der Waals surface area contributed by atoms with Gasteiger partial charge in [0, 0.05) is 35.7 Å². The van der Waals surface area contributed by atoms with Crippen molar-refractivity contribution in [2.75, 3.05) is 6.54 Å². The lowest BCUT2D eigenvalue weighted by Crippen LogP contribution is -2.31. The van der Waals surface area contributed by atoms with Crippen molar-refractivity contribution in [3.63, 3.8) is 0 Å². The zero-order valence-corrected chi connectivity index (χ0v) is 16.3. The molecule has 4 rings (SSSR count). The Morgan fingerprint density at radius 1 is 0.966 bits per heavy atom. The standard InChI is InChI=1S/C23H19ClN4O/c24-20-10-8-18(9-11-20)17-4-6-19(7-5-17)23(29)27-15-22(28-14-13-25-16-28)21-3-1-2-12-26-21/h1-14,16,22H,15H2,(H,27,29). The normalized spacial score (nSPS) is 11.8. The second-order valence-corrected chi connectivity index (χ2v) is 7.01. The van der Waals surface area contributed by atoms with Crippen molar-refractivity contribution < 1.29 is 4.79 Å². The first kappa shape index (κ1) is 18.9. The van der Waals surface area contributed by atoms with Crippen molar-refractivity contribution in [2.24, 2.45) is 0 Å². The number of benzene rings is 2. The third-order valence-corrected chi connectivity index (χ3v) is 4.95. The molecule has 0 fully saturated rings. The molecule has 1 unspecified atom stereocenters. The highest BCUT2D eigenvalue weighted by atomic mass is 35.5. The molecule has 1 atom stereocenters. The molecule has 0 saturated heterocycles. The molecule has 0 aliphatic heterocycles. The number of aromatic nitrogens is 3. The first-order valence-corrected chi connectivity index (χ1v) is 9.61. The second kappa shape index (κ2) is 8.71. The van der Waals surface area contributed by atoms with Crippen molar-refractivity contribution in [2.45, 2.75) is 6.04 Å². The SMILES string of the molecule is O=C(NCC(c1ccccn1)n1ccnc1)c1ccc(-c2ccc(Cl)cc2)cc1. The summed E-state index contributed by atoms with van der Waals surface area (Å²) in [6, 6.07) is 20.8. The Hall–Kier alpha value is -3.44. The summed E-state index contributed by atoms with van der Waals surface area (Å²) >= 11 is 5.94. The minimum absolute atomic E-state index is 0.129. The topological polar surface area (TPSA) is 59.8 Å². The molecule has 144 valence electrons. The Kier molecular flexibility index (Phi) is 5.68. The predicted molar refractivity (Wildman–Crippen MR) is 114 cm³/mol. The minimum atomic E-state index is -0.131. The van der Waals surface area contributed by atoms with E-state index in [0.29, 0.717) is 17.1 Å². The van der Waals surface area contributed by atoms with Crippen molar-refractivity contribution in [1.29, 1.82) is 0 Å². The number of amides is 1. The molecule has 6 heteroatoms. The molecule has 1 amide bonds. The third kappa shape index (κ3) is 4.52. The lowest BCUT2D eigenvalue weighted by Gasteiger charge is -2.18. The lowest BCUT2D eigenvalue weighted by atomic mass is 10.0. The Bertz CT molecular complexity index is 1060. The lowest BCUT2D eigenvalue weighted by molar-refractivity contribution is 0.0949. The van der Waals surface area contributed by atoms with Gasteiger partial charge in [-0.15, -0.1) is 0 Å². The number of pyridine rings is 1. The van der Waals surface area contributed by atoms with Crippen LogP contribution in [0.15, 0.2) is 91.6 Å². The number of nitrogens with one attached hydrogen (secondary N) is 1. The average Bonchev–Trinajstić information content (AvgIpc) is 3.30. The van der Waals surface area contributed by atoms with Gasteiger partial charge in [0.2, 0.25) is 0 Å². The molecule has 29 heavy (non-hydrogen) atoms. The van der Waals surface area contributed by atoms with E-state index < -0.39 is 0 Å². The van der Waals surface area contributed by atoms with E-state index in [1.807, 2.05) is 77.5 Å². The number of halogens is 1. The first-order valence-electron chi connectivity index (χ1n) is 9.23. The van der Waals surface area contributed by atoms with Crippen molar-refractivity contribution in [3.05, 3.63) is 108 Å². The molecule has 5 nitrogen and oxygen atoms in total. The van der Waals surface area contributed by atoms with Crippen LogP contribution < -0.4 is 5.32 Å². The summed E-state index contributed by atoms with van der Waals surface area (Å²) < 4.78 is 1.94. The molecule has 0 spiro atoms. The van der Waals surface area contributed by atoms with Crippen LogP contribution in [-0.4, -0.2) is 27.0 Å². The van der Waals surface area contributed by atoms with Crippen LogP contribution in [0.3, 0.4) is 0 Å². The van der Waals surface area contributed by atoms with E-state index in [-0.39, 0.29) is 11.9 Å². The molecular weight excluding hydrogens is 384 g/mol. The fraction of sp³-hybridized carbons (Fsp3) is 0.0870. The van der Waals surface area contributed by atoms with Crippen molar-refractivity contribution >= 4 is 17.5 Å². The van der Waals surface area contributed by atoms with Crippen molar-refractivity contribution in [3.8, 4) is 11.1 Å². The quantitative estimate of drug-likeness (QED) is 0.512. The molecule has 1 N–H and O–H groups in total. The largest absolute Gasteiger partial charge is 0.350 e. The average molecular weight is 403 g/mol. The minimum Gasteiger partial charge on any atom is -0.350 e. The predicted octanol–water partition coefficient (Wildman–Crippen LogP) is 4.62. The molecular formula is C23H19ClN4O. The number of carbonyl (C=O) groups is 1. The molecule has 0 aliphatic carbocycles. The maximum Gasteiger partial charge on any atom is 0.251 e. The van der Waals surface area contributed by atoms with Crippen LogP contribution in [0.4, 0.5) is 0 Å². The van der Waals surface area contributed by atoms with Gasteiger partial charge in [0.1, 0.15) is 0 Å². The maximum absolute atomic E-state index is 12.7. The van der Waals surface area contributed by atoms with E-state index in [9.17, 15) is 4.79 Å². The van der Waals surface area contributed by atoms with Gasteiger partial charge in [0.05, 0.1) is 18.1 Å². The van der Waals surface area contributed by atoms with E-state index in [2.05, 4.69) is 15.3 Å². The highest BCUT2D eigenvalue weighted by molar-refractivity contribution is 6.30.